The molecule has 1 N–H and O–H groups in total. The van der Waals surface area contributed by atoms with E-state index in [9.17, 15) is 9.59 Å². The third-order valence-electron chi connectivity index (χ3n) is 4.09. The molecule has 1 aliphatic heterocycles. The molecule has 4 nitrogen and oxygen atoms in total. The summed E-state index contributed by atoms with van der Waals surface area (Å²) >= 11 is 0. The van der Waals surface area contributed by atoms with Gasteiger partial charge in [-0.15, -0.1) is 0 Å². The molecule has 0 bridgehead atoms. The van der Waals surface area contributed by atoms with Crippen molar-refractivity contribution in [2.75, 3.05) is 0 Å². The Morgan fingerprint density at radius 3 is 2.40 bits per heavy atom. The van der Waals surface area contributed by atoms with Gasteiger partial charge in [-0.2, -0.15) is 0 Å². The maximum absolute atomic E-state index is 12.8. The number of hydrogen-bond acceptors (Lipinski definition) is 2. The van der Waals surface area contributed by atoms with E-state index in [1.165, 1.54) is 0 Å². The Kier molecular flexibility index (Phi) is 3.30. The molecule has 20 heavy (non-hydrogen) atoms. The molecule has 104 valence electrons. The molecule has 1 saturated heterocycles. The molecular formula is C16H18N2O2. The minimum absolute atomic E-state index is 0.00278. The normalized spacial score (nSPS) is 26.9. The van der Waals surface area contributed by atoms with Gasteiger partial charge in [0.25, 0.3) is 5.91 Å². The molecule has 0 aromatic heterocycles. The van der Waals surface area contributed by atoms with Crippen molar-refractivity contribution in [3.8, 4) is 0 Å². The number of hydrogen-bond donors (Lipinski definition) is 1. The molecule has 1 aromatic rings. The number of piperazine rings is 1. The van der Waals surface area contributed by atoms with Crippen molar-refractivity contribution in [1.29, 1.82) is 0 Å². The number of rotatable bonds is 2. The van der Waals surface area contributed by atoms with Crippen molar-refractivity contribution in [1.82, 2.24) is 10.2 Å². The predicted molar refractivity (Wildman–Crippen MR) is 75.8 cm³/mol. The quantitative estimate of drug-likeness (QED) is 0.833. The van der Waals surface area contributed by atoms with Gasteiger partial charge < -0.3 is 10.2 Å². The fraction of sp³-hybridized carbons (Fsp3) is 0.375. The van der Waals surface area contributed by atoms with Crippen LogP contribution in [0.3, 0.4) is 0 Å². The van der Waals surface area contributed by atoms with E-state index in [0.29, 0.717) is 0 Å². The van der Waals surface area contributed by atoms with Crippen molar-refractivity contribution < 1.29 is 9.59 Å². The fourth-order valence-electron chi connectivity index (χ4n) is 2.99. The minimum atomic E-state index is -0.555. The van der Waals surface area contributed by atoms with Gasteiger partial charge in [0.05, 0.1) is 0 Å². The van der Waals surface area contributed by atoms with Crippen LogP contribution < -0.4 is 5.32 Å². The van der Waals surface area contributed by atoms with Crippen LogP contribution in [0.15, 0.2) is 42.5 Å². The molecule has 2 atom stereocenters. The van der Waals surface area contributed by atoms with E-state index in [1.807, 2.05) is 30.3 Å². The first-order valence-electron chi connectivity index (χ1n) is 7.01. The zero-order valence-corrected chi connectivity index (χ0v) is 11.5. The van der Waals surface area contributed by atoms with E-state index < -0.39 is 12.1 Å². The van der Waals surface area contributed by atoms with Gasteiger partial charge in [-0.1, -0.05) is 42.5 Å². The molecule has 2 unspecified atom stereocenters. The van der Waals surface area contributed by atoms with E-state index in [1.54, 1.807) is 11.8 Å². The minimum Gasteiger partial charge on any atom is -0.339 e. The first kappa shape index (κ1) is 12.9. The van der Waals surface area contributed by atoms with Crippen LogP contribution in [0.25, 0.3) is 0 Å². The first-order valence-corrected chi connectivity index (χ1v) is 7.01. The third-order valence-corrected chi connectivity index (χ3v) is 4.09. The maximum Gasteiger partial charge on any atom is 0.250 e. The monoisotopic (exact) mass is 270 g/mol. The second kappa shape index (κ2) is 5.12. The zero-order valence-electron chi connectivity index (χ0n) is 11.5. The van der Waals surface area contributed by atoms with Crippen molar-refractivity contribution >= 4 is 11.8 Å². The molecule has 1 aliphatic carbocycles. The van der Waals surface area contributed by atoms with Crippen LogP contribution in [0.2, 0.25) is 0 Å². The number of nitrogens with one attached hydrogen (secondary N) is 1. The van der Waals surface area contributed by atoms with E-state index in [2.05, 4.69) is 17.5 Å². The summed E-state index contributed by atoms with van der Waals surface area (Å²) < 4.78 is 0. The number of carbonyl (C=O) groups is 2. The third kappa shape index (κ3) is 2.11. The largest absolute Gasteiger partial charge is 0.339 e. The highest BCUT2D eigenvalue weighted by Crippen LogP contribution is 2.28. The molecule has 1 fully saturated rings. The highest BCUT2D eigenvalue weighted by atomic mass is 16.2. The molecule has 3 rings (SSSR count). The van der Waals surface area contributed by atoms with Crippen LogP contribution >= 0.6 is 0 Å². The first-order chi connectivity index (χ1) is 9.68. The lowest BCUT2D eigenvalue weighted by molar-refractivity contribution is -0.151. The van der Waals surface area contributed by atoms with Crippen molar-refractivity contribution in [3.63, 3.8) is 0 Å². The SMILES string of the molecule is CC1C(=O)NC(c2ccccc2)C(=O)N1C1CC=CC1. The lowest BCUT2D eigenvalue weighted by atomic mass is 9.98. The van der Waals surface area contributed by atoms with Crippen LogP contribution in [0.1, 0.15) is 31.4 Å². The summed E-state index contributed by atoms with van der Waals surface area (Å²) in [5, 5.41) is 2.84. The lowest BCUT2D eigenvalue weighted by Gasteiger charge is -2.41. The number of amides is 2. The molecule has 1 heterocycles. The Morgan fingerprint density at radius 2 is 1.75 bits per heavy atom. The van der Waals surface area contributed by atoms with E-state index >= 15 is 0 Å². The Hall–Kier alpha value is -2.10. The average molecular weight is 270 g/mol. The molecular weight excluding hydrogens is 252 g/mol. The van der Waals surface area contributed by atoms with Gasteiger partial charge in [-0.25, -0.2) is 0 Å². The second-order valence-electron chi connectivity index (χ2n) is 5.37. The Labute approximate surface area is 118 Å². The summed E-state index contributed by atoms with van der Waals surface area (Å²) in [6, 6.07) is 8.60. The van der Waals surface area contributed by atoms with Crippen LogP contribution in [0.4, 0.5) is 0 Å². The molecule has 0 spiro atoms. The fourth-order valence-corrected chi connectivity index (χ4v) is 2.99. The zero-order chi connectivity index (χ0) is 14.1. The van der Waals surface area contributed by atoms with Crippen molar-refractivity contribution in [2.24, 2.45) is 0 Å². The molecule has 1 aromatic carbocycles. The van der Waals surface area contributed by atoms with E-state index in [4.69, 9.17) is 0 Å². The van der Waals surface area contributed by atoms with Gasteiger partial charge in [0.15, 0.2) is 0 Å². The summed E-state index contributed by atoms with van der Waals surface area (Å²) in [5.41, 5.74) is 0.841. The highest BCUT2D eigenvalue weighted by molar-refractivity contribution is 5.97. The van der Waals surface area contributed by atoms with Crippen LogP contribution in [-0.4, -0.2) is 28.8 Å². The van der Waals surface area contributed by atoms with Gasteiger partial charge in [-0.05, 0) is 25.3 Å². The smallest absolute Gasteiger partial charge is 0.250 e. The van der Waals surface area contributed by atoms with Gasteiger partial charge in [0.1, 0.15) is 12.1 Å². The van der Waals surface area contributed by atoms with Crippen molar-refractivity contribution in [2.45, 2.75) is 37.9 Å². The Bertz CT molecular complexity index is 545. The van der Waals surface area contributed by atoms with Gasteiger partial charge in [0, 0.05) is 6.04 Å². The summed E-state index contributed by atoms with van der Waals surface area (Å²) in [4.78, 5) is 26.7. The van der Waals surface area contributed by atoms with Gasteiger partial charge >= 0.3 is 0 Å². The molecule has 4 heteroatoms. The highest BCUT2D eigenvalue weighted by Gasteiger charge is 2.42. The van der Waals surface area contributed by atoms with E-state index in [0.717, 1.165) is 18.4 Å². The number of benzene rings is 1. The summed E-state index contributed by atoms with van der Waals surface area (Å²) in [6.07, 6.45) is 5.83. The Balaban J connectivity index is 1.90. The molecule has 2 amide bonds. The average Bonchev–Trinajstić information content (AvgIpc) is 2.98. The topological polar surface area (TPSA) is 49.4 Å². The number of nitrogens with zero attached hydrogens (tertiary/aromatic N) is 1. The second-order valence-corrected chi connectivity index (χ2v) is 5.37. The van der Waals surface area contributed by atoms with Crippen LogP contribution in [-0.2, 0) is 9.59 Å². The van der Waals surface area contributed by atoms with Crippen LogP contribution in [0, 0.1) is 0 Å². The molecule has 0 radical (unpaired) electrons. The molecule has 2 aliphatic rings. The standard InChI is InChI=1S/C16H18N2O2/c1-11-15(19)17-14(12-7-3-2-4-8-12)16(20)18(11)13-9-5-6-10-13/h2-8,11,13-14H,9-10H2,1H3,(H,17,19). The number of carbonyl (C=O) groups excluding carboxylic acids is 2. The lowest BCUT2D eigenvalue weighted by Crippen LogP contribution is -2.61. The maximum atomic E-state index is 12.8. The van der Waals surface area contributed by atoms with Crippen LogP contribution in [0.5, 0.6) is 0 Å². The van der Waals surface area contributed by atoms with Gasteiger partial charge in [0.2, 0.25) is 5.91 Å². The van der Waals surface area contributed by atoms with Gasteiger partial charge in [-0.3, -0.25) is 9.59 Å². The predicted octanol–water partition coefficient (Wildman–Crippen LogP) is 1.79. The molecule has 0 saturated carbocycles. The van der Waals surface area contributed by atoms with Crippen molar-refractivity contribution in [3.05, 3.63) is 48.0 Å². The van der Waals surface area contributed by atoms with E-state index in [-0.39, 0.29) is 17.9 Å². The summed E-state index contributed by atoms with van der Waals surface area (Å²) in [5.74, 6) is -0.0812. The summed E-state index contributed by atoms with van der Waals surface area (Å²) in [6.45, 7) is 1.80. The summed E-state index contributed by atoms with van der Waals surface area (Å²) in [7, 11) is 0. The Morgan fingerprint density at radius 1 is 1.10 bits per heavy atom.